The molecule has 2 aromatic rings. The van der Waals surface area contributed by atoms with Crippen LogP contribution in [0.2, 0.25) is 0 Å². The molecule has 0 saturated carbocycles. The Morgan fingerprint density at radius 2 is 1.80 bits per heavy atom. The van der Waals surface area contributed by atoms with Gasteiger partial charge in [0.25, 0.3) is 0 Å². The summed E-state index contributed by atoms with van der Waals surface area (Å²) in [5.74, 6) is 0.839. The zero-order valence-electron chi connectivity index (χ0n) is 15.1. The molecular formula is C20H24N2O3. The number of amides is 1. The van der Waals surface area contributed by atoms with Crippen molar-refractivity contribution >= 4 is 17.5 Å². The van der Waals surface area contributed by atoms with Gasteiger partial charge in [0.05, 0.1) is 25.9 Å². The Kier molecular flexibility index (Phi) is 4.83. The van der Waals surface area contributed by atoms with Crippen molar-refractivity contribution in [3.05, 3.63) is 54.1 Å². The number of benzene rings is 2. The topological polar surface area (TPSA) is 42.0 Å². The summed E-state index contributed by atoms with van der Waals surface area (Å²) in [7, 11) is 5.18. The maximum absolute atomic E-state index is 12.2. The maximum Gasteiger partial charge on any atom is 0.414 e. The predicted octanol–water partition coefficient (Wildman–Crippen LogP) is 4.24. The van der Waals surface area contributed by atoms with E-state index in [9.17, 15) is 4.79 Å². The van der Waals surface area contributed by atoms with Gasteiger partial charge in [-0.25, -0.2) is 4.79 Å². The third kappa shape index (κ3) is 3.14. The van der Waals surface area contributed by atoms with Crippen molar-refractivity contribution in [3.8, 4) is 5.75 Å². The average molecular weight is 340 g/mol. The molecule has 132 valence electrons. The van der Waals surface area contributed by atoms with Crippen molar-refractivity contribution < 1.29 is 14.3 Å². The fourth-order valence-electron chi connectivity index (χ4n) is 3.52. The van der Waals surface area contributed by atoms with E-state index >= 15 is 0 Å². The van der Waals surface area contributed by atoms with Gasteiger partial charge in [0.2, 0.25) is 0 Å². The molecule has 0 bridgehead atoms. The van der Waals surface area contributed by atoms with Crippen LogP contribution in [-0.2, 0) is 4.74 Å². The quantitative estimate of drug-likeness (QED) is 0.838. The zero-order chi connectivity index (χ0) is 18.0. The molecule has 25 heavy (non-hydrogen) atoms. The van der Waals surface area contributed by atoms with Gasteiger partial charge in [0, 0.05) is 18.8 Å². The van der Waals surface area contributed by atoms with Crippen molar-refractivity contribution in [2.45, 2.75) is 25.4 Å². The van der Waals surface area contributed by atoms with E-state index in [2.05, 4.69) is 37.1 Å². The third-order valence-electron chi connectivity index (χ3n) is 4.88. The lowest BCUT2D eigenvalue weighted by atomic mass is 9.90. The molecule has 1 amide bonds. The Hall–Kier alpha value is -2.69. The summed E-state index contributed by atoms with van der Waals surface area (Å²) in [5, 5.41) is 0. The zero-order valence-corrected chi connectivity index (χ0v) is 15.1. The van der Waals surface area contributed by atoms with Gasteiger partial charge in [0.15, 0.2) is 0 Å². The van der Waals surface area contributed by atoms with Crippen LogP contribution in [-0.4, -0.2) is 33.4 Å². The Bertz CT molecular complexity index is 745. The van der Waals surface area contributed by atoms with Crippen LogP contribution < -0.4 is 14.5 Å². The Morgan fingerprint density at radius 3 is 2.44 bits per heavy atom. The van der Waals surface area contributed by atoms with Crippen molar-refractivity contribution in [1.82, 2.24) is 0 Å². The van der Waals surface area contributed by atoms with Crippen LogP contribution in [0.5, 0.6) is 5.75 Å². The SMILES string of the molecule is COC(=O)N1c2ccccc2C(N(C)c2ccc(OC)cc2)CC1C. The monoisotopic (exact) mass is 340 g/mol. The molecular weight excluding hydrogens is 316 g/mol. The molecule has 1 heterocycles. The number of hydrogen-bond donors (Lipinski definition) is 0. The van der Waals surface area contributed by atoms with Gasteiger partial charge in [-0.1, -0.05) is 18.2 Å². The number of ether oxygens (including phenoxy) is 2. The fourth-order valence-corrected chi connectivity index (χ4v) is 3.52. The minimum atomic E-state index is -0.314. The summed E-state index contributed by atoms with van der Waals surface area (Å²) >= 11 is 0. The molecule has 0 fully saturated rings. The van der Waals surface area contributed by atoms with E-state index in [1.807, 2.05) is 30.3 Å². The molecule has 5 nitrogen and oxygen atoms in total. The van der Waals surface area contributed by atoms with E-state index in [-0.39, 0.29) is 18.2 Å². The molecule has 5 heteroatoms. The molecule has 2 aromatic carbocycles. The lowest BCUT2D eigenvalue weighted by Gasteiger charge is -2.42. The predicted molar refractivity (Wildman–Crippen MR) is 99.5 cm³/mol. The molecule has 0 saturated heterocycles. The van der Waals surface area contributed by atoms with Crippen LogP contribution in [0.1, 0.15) is 24.9 Å². The van der Waals surface area contributed by atoms with Crippen molar-refractivity contribution in [1.29, 1.82) is 0 Å². The van der Waals surface area contributed by atoms with Crippen molar-refractivity contribution in [2.75, 3.05) is 31.1 Å². The first-order valence-electron chi connectivity index (χ1n) is 8.39. The molecule has 2 unspecified atom stereocenters. The highest BCUT2D eigenvalue weighted by molar-refractivity contribution is 5.90. The molecule has 2 atom stereocenters. The van der Waals surface area contributed by atoms with Gasteiger partial charge in [-0.05, 0) is 49.2 Å². The summed E-state index contributed by atoms with van der Waals surface area (Å²) < 4.78 is 10.2. The second-order valence-electron chi connectivity index (χ2n) is 6.31. The van der Waals surface area contributed by atoms with Crippen molar-refractivity contribution in [2.24, 2.45) is 0 Å². The minimum Gasteiger partial charge on any atom is -0.497 e. The number of rotatable bonds is 3. The van der Waals surface area contributed by atoms with Crippen molar-refractivity contribution in [3.63, 3.8) is 0 Å². The summed E-state index contributed by atoms with van der Waals surface area (Å²) in [6, 6.07) is 16.3. The second kappa shape index (κ2) is 7.05. The van der Waals surface area contributed by atoms with Gasteiger partial charge < -0.3 is 14.4 Å². The number of para-hydroxylation sites is 1. The van der Waals surface area contributed by atoms with Gasteiger partial charge in [-0.3, -0.25) is 4.90 Å². The summed E-state index contributed by atoms with van der Waals surface area (Å²) in [6.07, 6.45) is 0.514. The summed E-state index contributed by atoms with van der Waals surface area (Å²) in [6.45, 7) is 2.06. The fraction of sp³-hybridized carbons (Fsp3) is 0.350. The Labute approximate surface area is 148 Å². The highest BCUT2D eigenvalue weighted by Gasteiger charge is 2.35. The first kappa shape index (κ1) is 17.1. The van der Waals surface area contributed by atoms with E-state index in [1.165, 1.54) is 7.11 Å². The van der Waals surface area contributed by atoms with Gasteiger partial charge in [0.1, 0.15) is 5.75 Å². The molecule has 0 N–H and O–H groups in total. The highest BCUT2D eigenvalue weighted by atomic mass is 16.5. The normalized spacial score (nSPS) is 19.1. The number of carbonyl (C=O) groups excluding carboxylic acids is 1. The number of anilines is 2. The maximum atomic E-state index is 12.2. The van der Waals surface area contributed by atoms with Crippen LogP contribution in [0.3, 0.4) is 0 Å². The molecule has 1 aliphatic heterocycles. The van der Waals surface area contributed by atoms with Crippen LogP contribution in [0.15, 0.2) is 48.5 Å². The lowest BCUT2D eigenvalue weighted by Crippen LogP contribution is -2.45. The van der Waals surface area contributed by atoms with Crippen LogP contribution in [0.4, 0.5) is 16.2 Å². The van der Waals surface area contributed by atoms with Gasteiger partial charge >= 0.3 is 6.09 Å². The van der Waals surface area contributed by atoms with E-state index in [4.69, 9.17) is 9.47 Å². The van der Waals surface area contributed by atoms with Crippen LogP contribution in [0.25, 0.3) is 0 Å². The van der Waals surface area contributed by atoms with Gasteiger partial charge in [-0.2, -0.15) is 0 Å². The molecule has 0 radical (unpaired) electrons. The van der Waals surface area contributed by atoms with Crippen LogP contribution in [0, 0.1) is 0 Å². The average Bonchev–Trinajstić information content (AvgIpc) is 2.66. The Morgan fingerprint density at radius 1 is 1.12 bits per heavy atom. The minimum absolute atomic E-state index is 0.0491. The Balaban J connectivity index is 1.97. The number of methoxy groups -OCH3 is 2. The molecule has 0 spiro atoms. The molecule has 0 aromatic heterocycles. The van der Waals surface area contributed by atoms with E-state index < -0.39 is 0 Å². The van der Waals surface area contributed by atoms with E-state index in [1.54, 1.807) is 12.0 Å². The van der Waals surface area contributed by atoms with Crippen LogP contribution >= 0.6 is 0 Å². The van der Waals surface area contributed by atoms with Gasteiger partial charge in [-0.15, -0.1) is 0 Å². The summed E-state index contributed by atoms with van der Waals surface area (Å²) in [5.41, 5.74) is 3.15. The highest BCUT2D eigenvalue weighted by Crippen LogP contribution is 2.41. The van der Waals surface area contributed by atoms with E-state index in [0.717, 1.165) is 29.1 Å². The first-order chi connectivity index (χ1) is 12.1. The number of fused-ring (bicyclic) bond motifs is 1. The molecule has 3 rings (SSSR count). The van der Waals surface area contributed by atoms with E-state index in [0.29, 0.717) is 0 Å². The molecule has 0 aliphatic carbocycles. The number of hydrogen-bond acceptors (Lipinski definition) is 4. The smallest absolute Gasteiger partial charge is 0.414 e. The standard InChI is InChI=1S/C20H24N2O3/c1-14-13-19(21(2)15-9-11-16(24-3)12-10-15)17-7-5-6-8-18(17)22(14)20(23)25-4/h5-12,14,19H,13H2,1-4H3. The second-order valence-corrected chi connectivity index (χ2v) is 6.31. The summed E-state index contributed by atoms with van der Waals surface area (Å²) in [4.78, 5) is 16.2. The first-order valence-corrected chi connectivity index (χ1v) is 8.39. The number of carbonyl (C=O) groups is 1. The largest absolute Gasteiger partial charge is 0.497 e. The number of nitrogens with zero attached hydrogens (tertiary/aromatic N) is 2. The molecule has 1 aliphatic rings. The lowest BCUT2D eigenvalue weighted by molar-refractivity contribution is 0.174. The third-order valence-corrected chi connectivity index (χ3v) is 4.88.